The number of ether oxygens (including phenoxy) is 6. The minimum Gasteiger partial charge on any atom is -0.462 e. The Morgan fingerprint density at radius 1 is 0.468 bits per heavy atom. The highest BCUT2D eigenvalue weighted by atomic mass is 31.2. The number of esters is 2. The molecule has 464 valence electrons. The van der Waals surface area contributed by atoms with Crippen LogP contribution in [0.5, 0.6) is 0 Å². The lowest BCUT2D eigenvalue weighted by molar-refractivity contribution is -0.360. The maximum Gasteiger partial charge on any atom is 0.472 e. The van der Waals surface area contributed by atoms with Gasteiger partial charge in [0.15, 0.2) is 18.7 Å². The third kappa shape index (κ3) is 26.3. The van der Waals surface area contributed by atoms with E-state index in [0.29, 0.717) is 19.3 Å². The summed E-state index contributed by atoms with van der Waals surface area (Å²) in [5, 5.41) is 117. The summed E-state index contributed by atoms with van der Waals surface area (Å²) >= 11 is 0. The second kappa shape index (κ2) is 40.5. The molecule has 0 spiro atoms. The van der Waals surface area contributed by atoms with Gasteiger partial charge in [-0.3, -0.25) is 18.6 Å². The van der Waals surface area contributed by atoms with Crippen molar-refractivity contribution in [2.45, 2.75) is 298 Å². The van der Waals surface area contributed by atoms with Crippen LogP contribution >= 0.6 is 7.82 Å². The summed E-state index contributed by atoms with van der Waals surface area (Å²) < 4.78 is 58.1. The fourth-order valence-corrected chi connectivity index (χ4v) is 10.8. The lowest BCUT2D eigenvalue weighted by Crippen LogP contribution is -2.69. The summed E-state index contributed by atoms with van der Waals surface area (Å²) in [5.74, 6) is -1.35. The standard InChI is InChI=1S/C55H101O23P/c1-3-5-7-9-11-13-15-17-19-21-23-25-27-29-31-40(58)71-35-37(73-41(59)32-30-28-26-24-22-20-18-16-14-12-10-8-6-4-2)36-72-79(69,70)78-53-51(76-54-49(67)44(62)42(60)38(33-56)74-54)47(65)46(64)48(66)52(53)77-55-50(68)45(63)43(61)39(34-57)75-55/h20,22,37-39,42-57,60-68H,3-19,21,23-36H2,1-2H3,(H,69,70). The number of allylic oxidation sites excluding steroid dienone is 2. The largest absolute Gasteiger partial charge is 0.472 e. The number of aliphatic hydroxyl groups is 11. The van der Waals surface area contributed by atoms with Crippen molar-refractivity contribution in [3.8, 4) is 0 Å². The van der Waals surface area contributed by atoms with Gasteiger partial charge in [0.05, 0.1) is 19.8 Å². The SMILES string of the molecule is CCCCCCCCCC=CCCCCCC(=O)OC(COC(=O)CCCCCCCCCCCCCCCC)COP(=O)(O)OC1C(OC2OC(CO)C(O)C(O)C2O)C(O)C(O)C(O)C1OC1OC(CO)C(O)C(O)C1O. The Labute approximate surface area is 467 Å². The molecule has 3 rings (SSSR count). The summed E-state index contributed by atoms with van der Waals surface area (Å²) in [5.41, 5.74) is 0. The highest BCUT2D eigenvalue weighted by Gasteiger charge is 2.58. The van der Waals surface area contributed by atoms with Crippen molar-refractivity contribution < 1.29 is 113 Å². The minimum atomic E-state index is -5.64. The van der Waals surface area contributed by atoms with Gasteiger partial charge in [-0.1, -0.05) is 154 Å². The number of aliphatic hydroxyl groups excluding tert-OH is 11. The number of phosphoric acid groups is 1. The number of carbonyl (C=O) groups excluding carboxylic acids is 2. The first kappa shape index (κ1) is 71.5. The van der Waals surface area contributed by atoms with E-state index >= 15 is 0 Å². The molecule has 0 aromatic rings. The lowest BCUT2D eigenvalue weighted by Gasteiger charge is -2.49. The molecule has 0 aromatic carbocycles. The van der Waals surface area contributed by atoms with Gasteiger partial charge < -0.3 is 89.5 Å². The van der Waals surface area contributed by atoms with Gasteiger partial charge in [-0.25, -0.2) is 4.57 Å². The van der Waals surface area contributed by atoms with Crippen molar-refractivity contribution in [1.29, 1.82) is 0 Å². The third-order valence-corrected chi connectivity index (χ3v) is 15.8. The monoisotopic (exact) mass is 1160 g/mol. The summed E-state index contributed by atoms with van der Waals surface area (Å²) in [6.45, 7) is 0.993. The van der Waals surface area contributed by atoms with Crippen LogP contribution in [0.3, 0.4) is 0 Å². The molecule has 2 saturated heterocycles. The van der Waals surface area contributed by atoms with Gasteiger partial charge in [0, 0.05) is 12.8 Å². The van der Waals surface area contributed by atoms with Crippen LogP contribution in [0.1, 0.15) is 194 Å². The van der Waals surface area contributed by atoms with Crippen molar-refractivity contribution in [3.63, 3.8) is 0 Å². The maximum atomic E-state index is 14.0. The van der Waals surface area contributed by atoms with Crippen LogP contribution in [0, 0.1) is 0 Å². The van der Waals surface area contributed by atoms with Crippen molar-refractivity contribution in [3.05, 3.63) is 12.2 Å². The molecule has 0 aromatic heterocycles. The van der Waals surface area contributed by atoms with E-state index in [-0.39, 0.29) is 12.8 Å². The molecule has 16 atom stereocenters. The molecule has 2 aliphatic heterocycles. The number of hydrogen-bond acceptors (Lipinski definition) is 22. The molecule has 79 heavy (non-hydrogen) atoms. The quantitative estimate of drug-likeness (QED) is 0.0178. The highest BCUT2D eigenvalue weighted by Crippen LogP contribution is 2.49. The fraction of sp³-hybridized carbons (Fsp3) is 0.927. The molecular weight excluding hydrogens is 1060 g/mol. The Bertz CT molecular complexity index is 1630. The molecule has 0 radical (unpaired) electrons. The number of carbonyl (C=O) groups is 2. The minimum absolute atomic E-state index is 0.0490. The van der Waals surface area contributed by atoms with Gasteiger partial charge in [0.25, 0.3) is 0 Å². The third-order valence-electron chi connectivity index (χ3n) is 14.8. The van der Waals surface area contributed by atoms with Gasteiger partial charge in [-0.2, -0.15) is 0 Å². The fourth-order valence-electron chi connectivity index (χ4n) is 9.88. The molecule has 24 heteroatoms. The number of phosphoric ester groups is 1. The van der Waals surface area contributed by atoms with Gasteiger partial charge >= 0.3 is 19.8 Å². The highest BCUT2D eigenvalue weighted by molar-refractivity contribution is 7.47. The average Bonchev–Trinajstić information content (AvgIpc) is 3.53. The Kier molecular flexibility index (Phi) is 36.6. The van der Waals surface area contributed by atoms with Crippen LogP contribution < -0.4 is 0 Å². The van der Waals surface area contributed by atoms with E-state index in [1.165, 1.54) is 96.3 Å². The van der Waals surface area contributed by atoms with Crippen LogP contribution in [0.25, 0.3) is 0 Å². The zero-order valence-corrected chi connectivity index (χ0v) is 47.8. The van der Waals surface area contributed by atoms with Crippen LogP contribution in [-0.2, 0) is 51.6 Å². The van der Waals surface area contributed by atoms with Gasteiger partial charge in [-0.15, -0.1) is 0 Å². The van der Waals surface area contributed by atoms with Crippen molar-refractivity contribution in [1.82, 2.24) is 0 Å². The van der Waals surface area contributed by atoms with Crippen LogP contribution in [0.2, 0.25) is 0 Å². The summed E-state index contributed by atoms with van der Waals surface area (Å²) in [6, 6.07) is 0. The van der Waals surface area contributed by atoms with Gasteiger partial charge in [0.2, 0.25) is 0 Å². The van der Waals surface area contributed by atoms with Gasteiger partial charge in [0.1, 0.15) is 92.1 Å². The normalized spacial score (nSPS) is 31.5. The average molecular weight is 1160 g/mol. The van der Waals surface area contributed by atoms with Crippen molar-refractivity contribution in [2.24, 2.45) is 0 Å². The number of hydrogen-bond donors (Lipinski definition) is 12. The molecule has 16 unspecified atom stereocenters. The topological polar surface area (TPSA) is 368 Å². The molecular formula is C55H101O23P. The molecule has 0 bridgehead atoms. The van der Waals surface area contributed by atoms with E-state index in [4.69, 9.17) is 37.5 Å². The first-order valence-electron chi connectivity index (χ1n) is 29.5. The predicted molar refractivity (Wildman–Crippen MR) is 287 cm³/mol. The molecule has 1 aliphatic carbocycles. The second-order valence-electron chi connectivity index (χ2n) is 21.5. The van der Waals surface area contributed by atoms with E-state index in [1.54, 1.807) is 0 Å². The Morgan fingerprint density at radius 2 is 0.835 bits per heavy atom. The van der Waals surface area contributed by atoms with Crippen LogP contribution in [-0.4, -0.2) is 204 Å². The molecule has 23 nitrogen and oxygen atoms in total. The summed E-state index contributed by atoms with van der Waals surface area (Å²) in [4.78, 5) is 37.5. The van der Waals surface area contributed by atoms with E-state index in [2.05, 4.69) is 26.0 Å². The molecule has 2 heterocycles. The van der Waals surface area contributed by atoms with E-state index in [1.807, 2.05) is 0 Å². The maximum absolute atomic E-state index is 14.0. The molecule has 3 aliphatic rings. The molecule has 0 amide bonds. The first-order chi connectivity index (χ1) is 37.9. The van der Waals surface area contributed by atoms with Crippen LogP contribution in [0.4, 0.5) is 0 Å². The smallest absolute Gasteiger partial charge is 0.462 e. The molecule has 1 saturated carbocycles. The predicted octanol–water partition coefficient (Wildman–Crippen LogP) is 3.93. The van der Waals surface area contributed by atoms with E-state index in [0.717, 1.165) is 51.4 Å². The van der Waals surface area contributed by atoms with E-state index < -0.39 is 150 Å². The van der Waals surface area contributed by atoms with Crippen molar-refractivity contribution in [2.75, 3.05) is 26.4 Å². The Morgan fingerprint density at radius 3 is 1.25 bits per heavy atom. The summed E-state index contributed by atoms with van der Waals surface area (Å²) in [7, 11) is -5.64. The second-order valence-corrected chi connectivity index (χ2v) is 22.9. The van der Waals surface area contributed by atoms with Crippen molar-refractivity contribution >= 4 is 19.8 Å². The number of rotatable bonds is 43. The Balaban J connectivity index is 1.71. The number of unbranched alkanes of at least 4 members (excludes halogenated alkanes) is 23. The Hall–Kier alpha value is -1.81. The zero-order chi connectivity index (χ0) is 58.2. The zero-order valence-electron chi connectivity index (χ0n) is 46.9. The first-order valence-corrected chi connectivity index (χ1v) is 31.0. The molecule has 3 fully saturated rings. The lowest BCUT2D eigenvalue weighted by atomic mass is 9.84. The van der Waals surface area contributed by atoms with Crippen LogP contribution in [0.15, 0.2) is 12.2 Å². The van der Waals surface area contributed by atoms with Gasteiger partial charge in [-0.05, 0) is 38.5 Å². The summed E-state index contributed by atoms with van der Waals surface area (Å²) in [6.07, 6.45) is -2.29. The van der Waals surface area contributed by atoms with E-state index in [9.17, 15) is 75.2 Å². The molecule has 12 N–H and O–H groups in total.